The van der Waals surface area contributed by atoms with Crippen LogP contribution in [-0.4, -0.2) is 47.8 Å². The van der Waals surface area contributed by atoms with Crippen molar-refractivity contribution in [3.8, 4) is 0 Å². The molecular weight excluding hydrogens is 236 g/mol. The topological polar surface area (TPSA) is 35.5 Å². The fraction of sp³-hybridized carbons (Fsp3) is 1.00. The van der Waals surface area contributed by atoms with Gasteiger partial charge in [0.2, 0.25) is 0 Å². The molecule has 1 aliphatic rings. The minimum atomic E-state index is -0.248. The Labute approximate surface area is 119 Å². The standard InChI is InChI=1S/C16H34N2O/c1-5-7-14-8-6-10-18(11-9-14)13-15(19)12-17-16(2,3)4/h14-15,17,19H,5-13H2,1-4H3. The highest BCUT2D eigenvalue weighted by atomic mass is 16.3. The van der Waals surface area contributed by atoms with Gasteiger partial charge in [-0.15, -0.1) is 0 Å². The van der Waals surface area contributed by atoms with Crippen molar-refractivity contribution in [1.82, 2.24) is 10.2 Å². The molecule has 0 amide bonds. The lowest BCUT2D eigenvalue weighted by Crippen LogP contribution is -2.45. The predicted molar refractivity (Wildman–Crippen MR) is 82.5 cm³/mol. The molecule has 0 bridgehead atoms. The number of likely N-dealkylation sites (tertiary alicyclic amines) is 1. The Kier molecular flexibility index (Phi) is 7.33. The van der Waals surface area contributed by atoms with Gasteiger partial charge in [0, 0.05) is 18.6 Å². The van der Waals surface area contributed by atoms with Crippen LogP contribution in [0, 0.1) is 5.92 Å². The molecule has 114 valence electrons. The second-order valence-corrected chi connectivity index (χ2v) is 7.17. The SMILES string of the molecule is CCCC1CCCN(CC(O)CNC(C)(C)C)CC1. The van der Waals surface area contributed by atoms with Crippen molar-refractivity contribution < 1.29 is 5.11 Å². The summed E-state index contributed by atoms with van der Waals surface area (Å²) in [6.07, 6.45) is 6.42. The van der Waals surface area contributed by atoms with Gasteiger partial charge in [-0.05, 0) is 59.0 Å². The lowest BCUT2D eigenvalue weighted by molar-refractivity contribution is 0.106. The molecule has 0 aromatic heterocycles. The fourth-order valence-electron chi connectivity index (χ4n) is 2.89. The number of nitrogens with one attached hydrogen (secondary N) is 1. The molecular formula is C16H34N2O. The molecule has 3 heteroatoms. The van der Waals surface area contributed by atoms with E-state index >= 15 is 0 Å². The maximum Gasteiger partial charge on any atom is 0.0791 e. The lowest BCUT2D eigenvalue weighted by atomic mass is 9.96. The summed E-state index contributed by atoms with van der Waals surface area (Å²) < 4.78 is 0. The minimum Gasteiger partial charge on any atom is -0.390 e. The van der Waals surface area contributed by atoms with E-state index in [1.54, 1.807) is 0 Å². The maximum absolute atomic E-state index is 10.1. The molecule has 2 N–H and O–H groups in total. The zero-order valence-electron chi connectivity index (χ0n) is 13.4. The second-order valence-electron chi connectivity index (χ2n) is 7.17. The zero-order chi connectivity index (χ0) is 14.3. The van der Waals surface area contributed by atoms with Crippen molar-refractivity contribution in [3.63, 3.8) is 0 Å². The molecule has 19 heavy (non-hydrogen) atoms. The Hall–Kier alpha value is -0.120. The Morgan fingerprint density at radius 2 is 2.00 bits per heavy atom. The van der Waals surface area contributed by atoms with E-state index in [1.165, 1.54) is 32.1 Å². The van der Waals surface area contributed by atoms with Crippen molar-refractivity contribution in [2.75, 3.05) is 26.2 Å². The summed E-state index contributed by atoms with van der Waals surface area (Å²) in [4.78, 5) is 2.45. The van der Waals surface area contributed by atoms with E-state index in [0.717, 1.165) is 25.6 Å². The first-order valence-corrected chi connectivity index (χ1v) is 8.06. The van der Waals surface area contributed by atoms with E-state index in [0.29, 0.717) is 6.54 Å². The molecule has 2 unspecified atom stereocenters. The molecule has 0 aliphatic carbocycles. The van der Waals surface area contributed by atoms with E-state index in [2.05, 4.69) is 37.9 Å². The van der Waals surface area contributed by atoms with Crippen LogP contribution in [0.3, 0.4) is 0 Å². The molecule has 0 saturated carbocycles. The monoisotopic (exact) mass is 270 g/mol. The van der Waals surface area contributed by atoms with Crippen LogP contribution in [0.5, 0.6) is 0 Å². The molecule has 1 saturated heterocycles. The normalized spacial score (nSPS) is 24.2. The fourth-order valence-corrected chi connectivity index (χ4v) is 2.89. The molecule has 0 spiro atoms. The number of β-amino-alcohol motifs (C(OH)–C–C–N with tert-alkyl or cyclic N) is 1. The van der Waals surface area contributed by atoms with E-state index in [9.17, 15) is 5.11 Å². The Balaban J connectivity index is 2.25. The van der Waals surface area contributed by atoms with E-state index in [4.69, 9.17) is 0 Å². The highest BCUT2D eigenvalue weighted by Crippen LogP contribution is 2.21. The van der Waals surface area contributed by atoms with Crippen LogP contribution in [0.15, 0.2) is 0 Å². The third-order valence-corrected chi connectivity index (χ3v) is 3.97. The van der Waals surface area contributed by atoms with Crippen LogP contribution in [-0.2, 0) is 0 Å². The minimum absolute atomic E-state index is 0.0893. The Morgan fingerprint density at radius 1 is 1.26 bits per heavy atom. The first-order chi connectivity index (χ1) is 8.90. The van der Waals surface area contributed by atoms with Gasteiger partial charge in [-0.3, -0.25) is 0 Å². The van der Waals surface area contributed by atoms with E-state index in [1.807, 2.05) is 0 Å². The average molecular weight is 270 g/mol. The molecule has 1 rings (SSSR count). The van der Waals surface area contributed by atoms with Gasteiger partial charge >= 0.3 is 0 Å². The van der Waals surface area contributed by atoms with E-state index < -0.39 is 0 Å². The van der Waals surface area contributed by atoms with Crippen molar-refractivity contribution in [3.05, 3.63) is 0 Å². The number of rotatable bonds is 6. The van der Waals surface area contributed by atoms with E-state index in [-0.39, 0.29) is 11.6 Å². The first-order valence-electron chi connectivity index (χ1n) is 8.06. The van der Waals surface area contributed by atoms with Crippen molar-refractivity contribution in [2.45, 2.75) is 71.4 Å². The van der Waals surface area contributed by atoms with Crippen LogP contribution in [0.4, 0.5) is 0 Å². The van der Waals surface area contributed by atoms with Crippen molar-refractivity contribution in [1.29, 1.82) is 0 Å². The van der Waals surface area contributed by atoms with Gasteiger partial charge in [0.15, 0.2) is 0 Å². The van der Waals surface area contributed by atoms with Crippen molar-refractivity contribution in [2.24, 2.45) is 5.92 Å². The van der Waals surface area contributed by atoms with Gasteiger partial charge in [-0.25, -0.2) is 0 Å². The molecule has 0 radical (unpaired) electrons. The highest BCUT2D eigenvalue weighted by Gasteiger charge is 2.19. The summed E-state index contributed by atoms with van der Waals surface area (Å²) in [5.74, 6) is 0.917. The number of aliphatic hydroxyl groups is 1. The Bertz CT molecular complexity index is 237. The Morgan fingerprint density at radius 3 is 2.63 bits per heavy atom. The van der Waals surface area contributed by atoms with Gasteiger partial charge in [0.1, 0.15) is 0 Å². The molecule has 1 fully saturated rings. The number of hydrogen-bond donors (Lipinski definition) is 2. The smallest absolute Gasteiger partial charge is 0.0791 e. The molecule has 1 heterocycles. The van der Waals surface area contributed by atoms with Crippen LogP contribution in [0.25, 0.3) is 0 Å². The van der Waals surface area contributed by atoms with Crippen LogP contribution in [0.1, 0.15) is 59.8 Å². The maximum atomic E-state index is 10.1. The van der Waals surface area contributed by atoms with Gasteiger partial charge in [-0.1, -0.05) is 19.8 Å². The average Bonchev–Trinajstić information content (AvgIpc) is 2.52. The summed E-state index contributed by atoms with van der Waals surface area (Å²) in [6.45, 7) is 12.5. The quantitative estimate of drug-likeness (QED) is 0.779. The summed E-state index contributed by atoms with van der Waals surface area (Å²) in [5.41, 5.74) is 0.0893. The summed E-state index contributed by atoms with van der Waals surface area (Å²) in [6, 6.07) is 0. The highest BCUT2D eigenvalue weighted by molar-refractivity contribution is 4.76. The summed E-state index contributed by atoms with van der Waals surface area (Å²) in [5, 5.41) is 13.5. The number of aliphatic hydroxyl groups excluding tert-OH is 1. The molecule has 0 aromatic rings. The third-order valence-electron chi connectivity index (χ3n) is 3.97. The number of hydrogen-bond acceptors (Lipinski definition) is 3. The van der Waals surface area contributed by atoms with Crippen LogP contribution >= 0.6 is 0 Å². The zero-order valence-corrected chi connectivity index (χ0v) is 13.4. The molecule has 3 nitrogen and oxygen atoms in total. The van der Waals surface area contributed by atoms with Crippen LogP contribution in [0.2, 0.25) is 0 Å². The van der Waals surface area contributed by atoms with Gasteiger partial charge in [0.25, 0.3) is 0 Å². The summed E-state index contributed by atoms with van der Waals surface area (Å²) >= 11 is 0. The molecule has 1 aliphatic heterocycles. The first kappa shape index (κ1) is 16.9. The molecule has 0 aromatic carbocycles. The predicted octanol–water partition coefficient (Wildman–Crippen LogP) is 2.64. The van der Waals surface area contributed by atoms with Crippen LogP contribution < -0.4 is 5.32 Å². The lowest BCUT2D eigenvalue weighted by Gasteiger charge is -2.27. The van der Waals surface area contributed by atoms with Gasteiger partial charge in [0.05, 0.1) is 6.10 Å². The largest absolute Gasteiger partial charge is 0.390 e. The van der Waals surface area contributed by atoms with Crippen molar-refractivity contribution >= 4 is 0 Å². The number of nitrogens with zero attached hydrogens (tertiary/aromatic N) is 1. The summed E-state index contributed by atoms with van der Waals surface area (Å²) in [7, 11) is 0. The molecule has 2 atom stereocenters. The van der Waals surface area contributed by atoms with Gasteiger partial charge in [-0.2, -0.15) is 0 Å². The second kappa shape index (κ2) is 8.23. The van der Waals surface area contributed by atoms with Gasteiger partial charge < -0.3 is 15.3 Å². The third kappa shape index (κ3) is 7.91.